The van der Waals surface area contributed by atoms with Gasteiger partial charge < -0.3 is 15.4 Å². The average Bonchev–Trinajstić information content (AvgIpc) is 2.51. The van der Waals surface area contributed by atoms with Crippen molar-refractivity contribution in [3.05, 3.63) is 29.8 Å². The Morgan fingerprint density at radius 1 is 1.10 bits per heavy atom. The zero-order valence-electron chi connectivity index (χ0n) is 13.3. The van der Waals surface area contributed by atoms with Crippen LogP contribution in [0.25, 0.3) is 0 Å². The molecule has 1 rings (SSSR count). The van der Waals surface area contributed by atoms with Crippen molar-refractivity contribution < 1.29 is 9.53 Å². The Kier molecular flexibility index (Phi) is 9.29. The molecule has 0 aliphatic heterocycles. The number of benzene rings is 1. The van der Waals surface area contributed by atoms with E-state index in [1.807, 2.05) is 31.2 Å². The van der Waals surface area contributed by atoms with Crippen molar-refractivity contribution in [1.82, 2.24) is 10.6 Å². The van der Waals surface area contributed by atoms with Gasteiger partial charge in [0.05, 0.1) is 13.2 Å². The van der Waals surface area contributed by atoms with Gasteiger partial charge in [-0.05, 0) is 30.5 Å². The molecule has 0 spiro atoms. The molecule has 0 aliphatic carbocycles. The Morgan fingerprint density at radius 2 is 1.86 bits per heavy atom. The first kappa shape index (κ1) is 17.5. The summed E-state index contributed by atoms with van der Waals surface area (Å²) in [6, 6.07) is 8.04. The molecule has 4 heteroatoms. The molecule has 1 amide bonds. The topological polar surface area (TPSA) is 50.4 Å². The summed E-state index contributed by atoms with van der Waals surface area (Å²) in [5.41, 5.74) is 1.15. The van der Waals surface area contributed by atoms with Crippen molar-refractivity contribution >= 4 is 5.91 Å². The second kappa shape index (κ2) is 11.1. The monoisotopic (exact) mass is 292 g/mol. The van der Waals surface area contributed by atoms with Crippen LogP contribution in [0, 0.1) is 0 Å². The maximum atomic E-state index is 11.4. The van der Waals surface area contributed by atoms with Crippen molar-refractivity contribution in [2.24, 2.45) is 0 Å². The fraction of sp³-hybridized carbons (Fsp3) is 0.588. The van der Waals surface area contributed by atoms with Crippen LogP contribution >= 0.6 is 0 Å². The zero-order valence-corrected chi connectivity index (χ0v) is 13.3. The van der Waals surface area contributed by atoms with Gasteiger partial charge in [0.15, 0.2) is 0 Å². The number of amides is 1. The van der Waals surface area contributed by atoms with Crippen LogP contribution in [0.5, 0.6) is 5.75 Å². The molecule has 0 unspecified atom stereocenters. The molecule has 0 aromatic heterocycles. The fourth-order valence-electron chi connectivity index (χ4n) is 1.89. The first-order valence-corrected chi connectivity index (χ1v) is 7.95. The third-order valence-corrected chi connectivity index (χ3v) is 3.13. The molecular formula is C17H28N2O2. The lowest BCUT2D eigenvalue weighted by Gasteiger charge is -2.08. The highest BCUT2D eigenvalue weighted by atomic mass is 16.5. The molecule has 0 heterocycles. The normalized spacial score (nSPS) is 10.4. The molecule has 0 atom stereocenters. The van der Waals surface area contributed by atoms with Crippen molar-refractivity contribution in [1.29, 1.82) is 0 Å². The van der Waals surface area contributed by atoms with Gasteiger partial charge in [0.25, 0.3) is 0 Å². The standard InChI is InChI=1S/C17H28N2O2/c1-3-5-6-12-21-16-9-7-15(8-10-16)13-18-14-17(20)19-11-4-2/h7-10,18H,3-6,11-14H2,1-2H3,(H,19,20). The van der Waals surface area contributed by atoms with E-state index in [4.69, 9.17) is 4.74 Å². The second-order valence-electron chi connectivity index (χ2n) is 5.15. The van der Waals surface area contributed by atoms with E-state index in [1.54, 1.807) is 0 Å². The number of unbranched alkanes of at least 4 members (excludes halogenated alkanes) is 2. The number of hydrogen-bond donors (Lipinski definition) is 2. The molecule has 0 aliphatic rings. The van der Waals surface area contributed by atoms with Crippen LogP contribution < -0.4 is 15.4 Å². The number of nitrogens with one attached hydrogen (secondary N) is 2. The molecule has 4 nitrogen and oxygen atoms in total. The van der Waals surface area contributed by atoms with Crippen LogP contribution in [0.4, 0.5) is 0 Å². The number of ether oxygens (including phenoxy) is 1. The van der Waals surface area contributed by atoms with Gasteiger partial charge in [-0.1, -0.05) is 38.8 Å². The molecule has 21 heavy (non-hydrogen) atoms. The Hall–Kier alpha value is -1.55. The Labute approximate surface area is 128 Å². The summed E-state index contributed by atoms with van der Waals surface area (Å²) in [5, 5.41) is 5.98. The molecule has 0 saturated carbocycles. The first-order chi connectivity index (χ1) is 10.3. The maximum absolute atomic E-state index is 11.4. The van der Waals surface area contributed by atoms with Crippen LogP contribution in [0.3, 0.4) is 0 Å². The smallest absolute Gasteiger partial charge is 0.233 e. The van der Waals surface area contributed by atoms with E-state index in [0.29, 0.717) is 13.1 Å². The lowest BCUT2D eigenvalue weighted by molar-refractivity contribution is -0.120. The average molecular weight is 292 g/mol. The molecule has 1 aromatic rings. The van der Waals surface area contributed by atoms with Gasteiger partial charge in [-0.3, -0.25) is 4.79 Å². The van der Waals surface area contributed by atoms with Gasteiger partial charge in [-0.2, -0.15) is 0 Å². The van der Waals surface area contributed by atoms with Gasteiger partial charge in [-0.25, -0.2) is 0 Å². The van der Waals surface area contributed by atoms with Crippen LogP contribution in [0.2, 0.25) is 0 Å². The summed E-state index contributed by atoms with van der Waals surface area (Å²) < 4.78 is 5.67. The molecule has 2 N–H and O–H groups in total. The molecule has 0 fully saturated rings. The summed E-state index contributed by atoms with van der Waals surface area (Å²) in [4.78, 5) is 11.4. The lowest BCUT2D eigenvalue weighted by Crippen LogP contribution is -2.33. The largest absolute Gasteiger partial charge is 0.494 e. The highest BCUT2D eigenvalue weighted by molar-refractivity contribution is 5.77. The third-order valence-electron chi connectivity index (χ3n) is 3.13. The third kappa shape index (κ3) is 8.35. The summed E-state index contributed by atoms with van der Waals surface area (Å²) in [6.07, 6.45) is 4.49. The van der Waals surface area contributed by atoms with E-state index in [9.17, 15) is 4.79 Å². The van der Waals surface area contributed by atoms with Crippen LogP contribution in [0.15, 0.2) is 24.3 Å². The van der Waals surface area contributed by atoms with Crippen molar-refractivity contribution in [2.75, 3.05) is 19.7 Å². The van der Waals surface area contributed by atoms with E-state index >= 15 is 0 Å². The van der Waals surface area contributed by atoms with E-state index in [-0.39, 0.29) is 5.91 Å². The number of rotatable bonds is 11. The van der Waals surface area contributed by atoms with E-state index in [0.717, 1.165) is 37.3 Å². The Bertz CT molecular complexity index is 390. The summed E-state index contributed by atoms with van der Waals surface area (Å²) in [6.45, 7) is 6.79. The van der Waals surface area contributed by atoms with Gasteiger partial charge in [-0.15, -0.1) is 0 Å². The maximum Gasteiger partial charge on any atom is 0.233 e. The minimum atomic E-state index is 0.0488. The first-order valence-electron chi connectivity index (χ1n) is 7.95. The highest BCUT2D eigenvalue weighted by Crippen LogP contribution is 2.12. The van der Waals surface area contributed by atoms with Gasteiger partial charge in [0.2, 0.25) is 5.91 Å². The fourth-order valence-corrected chi connectivity index (χ4v) is 1.89. The van der Waals surface area contributed by atoms with Crippen LogP contribution in [0.1, 0.15) is 45.1 Å². The zero-order chi connectivity index (χ0) is 15.3. The number of carbonyl (C=O) groups excluding carboxylic acids is 1. The SMILES string of the molecule is CCCCCOc1ccc(CNCC(=O)NCCC)cc1. The van der Waals surface area contributed by atoms with Crippen molar-refractivity contribution in [3.8, 4) is 5.75 Å². The van der Waals surface area contributed by atoms with Gasteiger partial charge in [0.1, 0.15) is 5.75 Å². The number of carbonyl (C=O) groups is 1. The number of hydrogen-bond acceptors (Lipinski definition) is 3. The minimum Gasteiger partial charge on any atom is -0.494 e. The summed E-state index contributed by atoms with van der Waals surface area (Å²) >= 11 is 0. The van der Waals surface area contributed by atoms with E-state index in [1.165, 1.54) is 12.8 Å². The Balaban J connectivity index is 2.20. The minimum absolute atomic E-state index is 0.0488. The molecule has 0 bridgehead atoms. The van der Waals surface area contributed by atoms with E-state index in [2.05, 4.69) is 17.6 Å². The summed E-state index contributed by atoms with van der Waals surface area (Å²) in [5.74, 6) is 0.961. The molecule has 0 saturated heterocycles. The highest BCUT2D eigenvalue weighted by Gasteiger charge is 2.00. The quantitative estimate of drug-likeness (QED) is 0.617. The van der Waals surface area contributed by atoms with Gasteiger partial charge in [0, 0.05) is 13.1 Å². The predicted octanol–water partition coefficient (Wildman–Crippen LogP) is 2.87. The Morgan fingerprint density at radius 3 is 2.52 bits per heavy atom. The molecular weight excluding hydrogens is 264 g/mol. The molecule has 0 radical (unpaired) electrons. The van der Waals surface area contributed by atoms with Crippen molar-refractivity contribution in [3.63, 3.8) is 0 Å². The summed E-state index contributed by atoms with van der Waals surface area (Å²) in [7, 11) is 0. The predicted molar refractivity (Wildman–Crippen MR) is 86.5 cm³/mol. The van der Waals surface area contributed by atoms with Crippen LogP contribution in [-0.4, -0.2) is 25.6 Å². The lowest BCUT2D eigenvalue weighted by atomic mass is 10.2. The van der Waals surface area contributed by atoms with Gasteiger partial charge >= 0.3 is 0 Å². The van der Waals surface area contributed by atoms with Crippen molar-refractivity contribution in [2.45, 2.75) is 46.1 Å². The molecule has 1 aromatic carbocycles. The second-order valence-corrected chi connectivity index (χ2v) is 5.15. The van der Waals surface area contributed by atoms with Crippen LogP contribution in [-0.2, 0) is 11.3 Å². The van der Waals surface area contributed by atoms with E-state index < -0.39 is 0 Å². The molecule has 118 valence electrons.